The van der Waals surface area contributed by atoms with Gasteiger partial charge in [-0.1, -0.05) is 5.11 Å². The number of hydrogen-bond donors (Lipinski definition) is 4. The molecule has 0 aliphatic carbocycles. The fraction of sp³-hybridized carbons (Fsp3) is 0.692. The lowest BCUT2D eigenvalue weighted by molar-refractivity contribution is -0.214. The number of sulfonamides is 1. The topological polar surface area (TPSA) is 165 Å². The Bertz CT molecular complexity index is 733. The van der Waals surface area contributed by atoms with Crippen LogP contribution in [0.2, 0.25) is 0 Å². The molecule has 0 spiro atoms. The van der Waals surface area contributed by atoms with Crippen LogP contribution in [0, 0.1) is 0 Å². The van der Waals surface area contributed by atoms with Gasteiger partial charge in [0, 0.05) is 22.9 Å². The van der Waals surface area contributed by atoms with Gasteiger partial charge in [-0.3, -0.25) is 0 Å². The summed E-state index contributed by atoms with van der Waals surface area (Å²) in [5, 5.41) is 32.7. The van der Waals surface area contributed by atoms with Crippen LogP contribution in [0.15, 0.2) is 21.5 Å². The Balaban J connectivity index is 1.98. The zero-order valence-corrected chi connectivity index (χ0v) is 15.0. The summed E-state index contributed by atoms with van der Waals surface area (Å²) in [5.41, 5.74) is 8.24. The molecule has 1 aliphatic heterocycles. The maximum absolute atomic E-state index is 12.3. The second-order valence-electron chi connectivity index (χ2n) is 5.63. The molecule has 2 heterocycles. The van der Waals surface area contributed by atoms with Gasteiger partial charge in [-0.2, -0.15) is 0 Å². The predicted octanol–water partition coefficient (Wildman–Crippen LogP) is -0.251. The molecule has 2 rings (SSSR count). The number of hydrogen-bond acceptors (Lipinski definition) is 8. The molecule has 0 unspecified atom stereocenters. The van der Waals surface area contributed by atoms with E-state index in [1.807, 2.05) is 0 Å². The van der Waals surface area contributed by atoms with Crippen LogP contribution in [0.3, 0.4) is 0 Å². The van der Waals surface area contributed by atoms with Crippen molar-refractivity contribution in [2.24, 2.45) is 5.11 Å². The fourth-order valence-corrected chi connectivity index (χ4v) is 4.84. The van der Waals surface area contributed by atoms with Crippen LogP contribution in [-0.2, 0) is 21.2 Å². The Hall–Kier alpha value is -1.24. The number of nitrogens with one attached hydrogen (secondary N) is 1. The first kappa shape index (κ1) is 20.1. The maximum Gasteiger partial charge on any atom is 0.250 e. The van der Waals surface area contributed by atoms with E-state index in [0.29, 0.717) is 6.42 Å². The van der Waals surface area contributed by atoms with Gasteiger partial charge in [0.1, 0.15) is 28.6 Å². The molecule has 5 atom stereocenters. The van der Waals surface area contributed by atoms with Gasteiger partial charge in [0.25, 0.3) is 0 Å². The predicted molar refractivity (Wildman–Crippen MR) is 89.6 cm³/mol. The van der Waals surface area contributed by atoms with Crippen molar-refractivity contribution in [2.75, 3.05) is 13.1 Å². The molecule has 10 nitrogen and oxygen atoms in total. The molecular weight excluding hydrogens is 372 g/mol. The molecule has 140 valence electrons. The largest absolute Gasteiger partial charge is 0.388 e. The molecule has 1 saturated heterocycles. The van der Waals surface area contributed by atoms with Gasteiger partial charge >= 0.3 is 0 Å². The lowest BCUT2D eigenvalue weighted by Gasteiger charge is -2.39. The minimum absolute atomic E-state index is 0.0855. The van der Waals surface area contributed by atoms with Gasteiger partial charge in [0.2, 0.25) is 10.0 Å². The van der Waals surface area contributed by atoms with Crippen molar-refractivity contribution < 1.29 is 28.5 Å². The molecule has 1 fully saturated rings. The first-order chi connectivity index (χ1) is 11.8. The van der Waals surface area contributed by atoms with E-state index in [4.69, 9.17) is 10.3 Å². The molecule has 0 aromatic carbocycles. The summed E-state index contributed by atoms with van der Waals surface area (Å²) < 4.78 is 32.4. The minimum atomic E-state index is -3.81. The van der Waals surface area contributed by atoms with Crippen molar-refractivity contribution in [3.8, 4) is 0 Å². The van der Waals surface area contributed by atoms with E-state index in [1.165, 1.54) is 13.0 Å². The van der Waals surface area contributed by atoms with Crippen molar-refractivity contribution in [3.63, 3.8) is 0 Å². The van der Waals surface area contributed by atoms with E-state index < -0.39 is 40.5 Å². The maximum atomic E-state index is 12.3. The minimum Gasteiger partial charge on any atom is -0.388 e. The zero-order valence-electron chi connectivity index (χ0n) is 13.4. The number of rotatable bonds is 7. The highest BCUT2D eigenvalue weighted by Crippen LogP contribution is 2.24. The Labute approximate surface area is 148 Å². The summed E-state index contributed by atoms with van der Waals surface area (Å²) in [6.07, 6.45) is -5.33. The molecule has 0 radical (unpaired) electrons. The Kier molecular flexibility index (Phi) is 6.77. The van der Waals surface area contributed by atoms with Crippen LogP contribution in [0.1, 0.15) is 11.8 Å². The molecule has 4 N–H and O–H groups in total. The zero-order chi connectivity index (χ0) is 18.6. The number of azide groups is 1. The highest BCUT2D eigenvalue weighted by atomic mass is 32.2. The van der Waals surface area contributed by atoms with E-state index in [2.05, 4.69) is 14.7 Å². The third-order valence-electron chi connectivity index (χ3n) is 3.85. The second kappa shape index (κ2) is 8.43. The molecule has 25 heavy (non-hydrogen) atoms. The van der Waals surface area contributed by atoms with Crippen molar-refractivity contribution in [3.05, 3.63) is 27.5 Å². The Morgan fingerprint density at radius 2 is 2.04 bits per heavy atom. The lowest BCUT2D eigenvalue weighted by atomic mass is 9.96. The molecule has 1 aliphatic rings. The van der Waals surface area contributed by atoms with Crippen molar-refractivity contribution in [1.82, 2.24) is 4.72 Å². The van der Waals surface area contributed by atoms with E-state index >= 15 is 0 Å². The average molecular weight is 392 g/mol. The smallest absolute Gasteiger partial charge is 0.250 e. The van der Waals surface area contributed by atoms with Gasteiger partial charge in [0.15, 0.2) is 0 Å². The number of aliphatic hydroxyl groups excluding tert-OH is 3. The van der Waals surface area contributed by atoms with Crippen LogP contribution in [0.4, 0.5) is 0 Å². The van der Waals surface area contributed by atoms with Crippen molar-refractivity contribution in [2.45, 2.75) is 48.1 Å². The van der Waals surface area contributed by atoms with Gasteiger partial charge in [0.05, 0.1) is 6.10 Å². The highest BCUT2D eigenvalue weighted by Gasteiger charge is 2.41. The second-order valence-corrected chi connectivity index (χ2v) is 8.79. The third kappa shape index (κ3) is 4.90. The monoisotopic (exact) mass is 392 g/mol. The molecule has 1 aromatic rings. The van der Waals surface area contributed by atoms with Crippen LogP contribution in [0.25, 0.3) is 10.4 Å². The lowest BCUT2D eigenvalue weighted by Crippen LogP contribution is -2.59. The molecule has 0 bridgehead atoms. The third-order valence-corrected chi connectivity index (χ3v) is 6.91. The van der Waals surface area contributed by atoms with Gasteiger partial charge in [-0.15, -0.1) is 11.3 Å². The Morgan fingerprint density at radius 1 is 1.32 bits per heavy atom. The average Bonchev–Trinajstić information content (AvgIpc) is 3.05. The van der Waals surface area contributed by atoms with E-state index in [9.17, 15) is 23.7 Å². The Morgan fingerprint density at radius 3 is 2.72 bits per heavy atom. The summed E-state index contributed by atoms with van der Waals surface area (Å²) in [7, 11) is -3.81. The summed E-state index contributed by atoms with van der Waals surface area (Å²) >= 11 is 1.05. The molecule has 1 aromatic heterocycles. The summed E-state index contributed by atoms with van der Waals surface area (Å²) in [5.74, 6) is 0. The summed E-state index contributed by atoms with van der Waals surface area (Å²) in [4.78, 5) is 3.39. The SMILES string of the molecule is C[C@@H]1O[C@H](CNS(=O)(=O)c2ccc(CCN=[N+]=[N-])s2)[C@@H](O)[C@H](O)[C@@H]1O. The number of aliphatic hydroxyl groups is 3. The first-order valence-corrected chi connectivity index (χ1v) is 9.85. The van der Waals surface area contributed by atoms with Gasteiger partial charge in [-0.05, 0) is 31.0 Å². The van der Waals surface area contributed by atoms with Crippen LogP contribution >= 0.6 is 11.3 Å². The normalized spacial score (nSPS) is 30.0. The van der Waals surface area contributed by atoms with E-state index in [0.717, 1.165) is 16.2 Å². The standard InChI is InChI=1S/C13H20N4O6S2/c1-7-11(18)13(20)12(19)9(23-7)6-16-25(21,22)10-3-2-8(24-10)4-5-15-17-14/h2-3,7,9,11-13,16,18-20H,4-6H2,1H3/t7-,9+,11+,12+,13+/m0/s1. The van der Waals surface area contributed by atoms with E-state index in [1.54, 1.807) is 6.07 Å². The van der Waals surface area contributed by atoms with Gasteiger partial charge in [-0.25, -0.2) is 13.1 Å². The molecule has 12 heteroatoms. The summed E-state index contributed by atoms with van der Waals surface area (Å²) in [6.45, 7) is 1.52. The number of nitrogens with zero attached hydrogens (tertiary/aromatic N) is 3. The van der Waals surface area contributed by atoms with Crippen molar-refractivity contribution >= 4 is 21.4 Å². The van der Waals surface area contributed by atoms with Gasteiger partial charge < -0.3 is 20.1 Å². The highest BCUT2D eigenvalue weighted by molar-refractivity contribution is 7.91. The molecule has 0 saturated carbocycles. The van der Waals surface area contributed by atoms with Crippen LogP contribution < -0.4 is 4.72 Å². The molecular formula is C13H20N4O6S2. The van der Waals surface area contributed by atoms with Crippen LogP contribution in [-0.4, -0.2) is 67.3 Å². The number of ether oxygens (including phenoxy) is 1. The molecule has 0 amide bonds. The quantitative estimate of drug-likeness (QED) is 0.284. The van der Waals surface area contributed by atoms with Crippen LogP contribution in [0.5, 0.6) is 0 Å². The fourth-order valence-electron chi connectivity index (χ4n) is 2.41. The van der Waals surface area contributed by atoms with E-state index in [-0.39, 0.29) is 17.3 Å². The number of thiophene rings is 1. The first-order valence-electron chi connectivity index (χ1n) is 7.55. The summed E-state index contributed by atoms with van der Waals surface area (Å²) in [6, 6.07) is 3.08. The van der Waals surface area contributed by atoms with Crippen molar-refractivity contribution in [1.29, 1.82) is 0 Å².